The minimum absolute atomic E-state index is 0.0207. The number of rotatable bonds is 4. The van der Waals surface area contributed by atoms with Gasteiger partial charge >= 0.3 is 0 Å². The number of nitrogens with zero attached hydrogens (tertiary/aromatic N) is 1. The summed E-state index contributed by atoms with van der Waals surface area (Å²) in [5, 5.41) is 10.8. The van der Waals surface area contributed by atoms with Crippen LogP contribution >= 0.6 is 11.8 Å². The van der Waals surface area contributed by atoms with Crippen molar-refractivity contribution in [3.05, 3.63) is 83.1 Å². The fourth-order valence-corrected chi connectivity index (χ4v) is 5.58. The quantitative estimate of drug-likeness (QED) is 0.589. The Morgan fingerprint density at radius 2 is 2.06 bits per heavy atom. The van der Waals surface area contributed by atoms with Crippen molar-refractivity contribution >= 4 is 29.1 Å². The number of carbonyl (C=O) groups is 1. The van der Waals surface area contributed by atoms with E-state index in [-0.39, 0.29) is 18.1 Å². The lowest BCUT2D eigenvalue weighted by Crippen LogP contribution is -2.58. The van der Waals surface area contributed by atoms with Gasteiger partial charge in [0.2, 0.25) is 0 Å². The van der Waals surface area contributed by atoms with E-state index in [2.05, 4.69) is 5.32 Å². The summed E-state index contributed by atoms with van der Waals surface area (Å²) in [6, 6.07) is 12.1. The van der Waals surface area contributed by atoms with E-state index in [1.54, 1.807) is 24.3 Å². The fourth-order valence-electron chi connectivity index (χ4n) is 4.38. The van der Waals surface area contributed by atoms with Gasteiger partial charge in [-0.1, -0.05) is 43.0 Å². The second-order valence-corrected chi connectivity index (χ2v) is 9.35. The molecule has 0 spiro atoms. The predicted octanol–water partition coefficient (Wildman–Crippen LogP) is 3.98. The summed E-state index contributed by atoms with van der Waals surface area (Å²) in [5.74, 6) is -1.25. The summed E-state index contributed by atoms with van der Waals surface area (Å²) in [5.41, 5.74) is 5.02. The van der Waals surface area contributed by atoms with Crippen molar-refractivity contribution in [3.63, 3.8) is 0 Å². The first-order valence-electron chi connectivity index (χ1n) is 10.4. The molecule has 3 atom stereocenters. The summed E-state index contributed by atoms with van der Waals surface area (Å²) in [6.07, 6.45) is 2.44. The van der Waals surface area contributed by atoms with Crippen LogP contribution in [0.1, 0.15) is 29.3 Å². The van der Waals surface area contributed by atoms with E-state index in [0.717, 1.165) is 12.3 Å². The number of nitrogens with one attached hydrogen (secondary N) is 2. The smallest absolute Gasteiger partial charge is 0.257 e. The molecule has 6 nitrogen and oxygen atoms in total. The average Bonchev–Trinajstić information content (AvgIpc) is 2.80. The number of fused-ring (bicyclic) bond motifs is 1. The van der Waals surface area contributed by atoms with Crippen LogP contribution in [0.15, 0.2) is 65.3 Å². The number of hydrogen-bond acceptors (Lipinski definition) is 6. The maximum atomic E-state index is 15.1. The first-order chi connectivity index (χ1) is 15.8. The van der Waals surface area contributed by atoms with E-state index < -0.39 is 28.7 Å². The number of nitrogens with two attached hydrogens (primary N) is 1. The number of benzene rings is 2. The van der Waals surface area contributed by atoms with Crippen LogP contribution < -0.4 is 11.1 Å². The van der Waals surface area contributed by atoms with Gasteiger partial charge in [-0.15, -0.1) is 0 Å². The highest BCUT2D eigenvalue weighted by molar-refractivity contribution is 8.14. The van der Waals surface area contributed by atoms with Gasteiger partial charge in [0.1, 0.15) is 17.2 Å². The van der Waals surface area contributed by atoms with Gasteiger partial charge in [-0.25, -0.2) is 13.8 Å². The molecule has 2 aromatic carbocycles. The van der Waals surface area contributed by atoms with Gasteiger partial charge in [0.05, 0.1) is 12.7 Å². The third-order valence-corrected chi connectivity index (χ3v) is 7.56. The zero-order valence-corrected chi connectivity index (χ0v) is 18.8. The molecule has 2 heterocycles. The molecular weight excluding hydrogens is 446 g/mol. The topological polar surface area (TPSA) is 101 Å². The molecule has 4 N–H and O–H groups in total. The molecule has 0 bridgehead atoms. The van der Waals surface area contributed by atoms with Gasteiger partial charge in [0.25, 0.3) is 5.91 Å². The number of aliphatic imine (C=N–C) groups is 1. The minimum atomic E-state index is -1.20. The van der Waals surface area contributed by atoms with Crippen molar-refractivity contribution in [2.24, 2.45) is 16.1 Å². The third kappa shape index (κ3) is 4.18. The molecule has 2 aromatic rings. The molecule has 0 radical (unpaired) electrons. The predicted molar refractivity (Wildman–Crippen MR) is 125 cm³/mol. The van der Waals surface area contributed by atoms with E-state index in [0.29, 0.717) is 28.5 Å². The van der Waals surface area contributed by atoms with Gasteiger partial charge in [-0.05, 0) is 24.6 Å². The Bertz CT molecular complexity index is 1140. The summed E-state index contributed by atoms with van der Waals surface area (Å²) < 4.78 is 34.8. The Morgan fingerprint density at radius 1 is 1.30 bits per heavy atom. The number of carbonyl (C=O) groups excluding carboxylic acids is 1. The third-order valence-electron chi connectivity index (χ3n) is 6.31. The van der Waals surface area contributed by atoms with Crippen LogP contribution in [0.2, 0.25) is 0 Å². The van der Waals surface area contributed by atoms with Crippen molar-refractivity contribution in [2.45, 2.75) is 25.0 Å². The van der Waals surface area contributed by atoms with Gasteiger partial charge in [0, 0.05) is 46.3 Å². The maximum Gasteiger partial charge on any atom is 0.257 e. The average molecular weight is 471 g/mol. The van der Waals surface area contributed by atoms with E-state index in [4.69, 9.17) is 20.9 Å². The first kappa shape index (κ1) is 23.1. The van der Waals surface area contributed by atoms with Crippen molar-refractivity contribution in [2.75, 3.05) is 12.4 Å². The van der Waals surface area contributed by atoms with Gasteiger partial charge in [0.15, 0.2) is 5.17 Å². The normalized spacial score (nSPS) is 27.3. The highest BCUT2D eigenvalue weighted by Gasteiger charge is 2.57. The Balaban J connectivity index is 1.77. The Kier molecular flexibility index (Phi) is 6.36. The van der Waals surface area contributed by atoms with E-state index in [1.807, 2.05) is 13.0 Å². The van der Waals surface area contributed by atoms with Crippen LogP contribution in [0, 0.1) is 22.5 Å². The lowest BCUT2D eigenvalue weighted by Gasteiger charge is -2.53. The van der Waals surface area contributed by atoms with Gasteiger partial charge in [-0.3, -0.25) is 4.79 Å². The molecule has 172 valence electrons. The molecule has 1 fully saturated rings. The number of halogens is 2. The Morgan fingerprint density at radius 3 is 2.73 bits per heavy atom. The second kappa shape index (κ2) is 9.07. The first-order valence-corrected chi connectivity index (χ1v) is 11.4. The lowest BCUT2D eigenvalue weighted by molar-refractivity contribution is -0.0781. The molecule has 2 unspecified atom stereocenters. The number of hydrogen-bond donors (Lipinski definition) is 3. The monoisotopic (exact) mass is 470 g/mol. The molecule has 2 aliphatic heterocycles. The lowest BCUT2D eigenvalue weighted by atomic mass is 9.63. The summed E-state index contributed by atoms with van der Waals surface area (Å²) >= 11 is 1.36. The number of ether oxygens (including phenoxy) is 1. The highest BCUT2D eigenvalue weighted by Crippen LogP contribution is 2.55. The highest BCUT2D eigenvalue weighted by atomic mass is 32.2. The van der Waals surface area contributed by atoms with Crippen LogP contribution in [-0.4, -0.2) is 35.8 Å². The summed E-state index contributed by atoms with van der Waals surface area (Å²) in [6.45, 7) is 1.95. The van der Waals surface area contributed by atoms with Crippen molar-refractivity contribution in [1.82, 2.24) is 5.32 Å². The Labute approximate surface area is 194 Å². The van der Waals surface area contributed by atoms with E-state index in [1.165, 1.54) is 30.1 Å². The molecule has 0 aromatic heterocycles. The van der Waals surface area contributed by atoms with E-state index >= 15 is 4.39 Å². The van der Waals surface area contributed by atoms with Crippen LogP contribution in [0.4, 0.5) is 8.78 Å². The largest absolute Gasteiger partial charge is 0.404 e. The van der Waals surface area contributed by atoms with Crippen molar-refractivity contribution < 1.29 is 18.3 Å². The molecular formula is C24H24F2N4O2S. The second-order valence-electron chi connectivity index (χ2n) is 8.39. The molecule has 1 amide bonds. The zero-order valence-electron chi connectivity index (χ0n) is 18.0. The standard InChI is InChI=1S/C24H24F2N4O2S/c1-23-10-20(16(11-27)12-28)32-13-24(23,18-8-7-17(25)9-19(18)26)30-22(33-14-23)29-21(31)15-5-3-2-4-6-15/h2-9,11-12,20,27H,10,13-14,28H2,1H3,(H,29,30,31)/b16-12+,27-11?/t20-,23?,24?/m1/s1. The molecule has 2 aliphatic rings. The maximum absolute atomic E-state index is 15.1. The van der Waals surface area contributed by atoms with Crippen LogP contribution in [0.3, 0.4) is 0 Å². The van der Waals surface area contributed by atoms with Crippen molar-refractivity contribution in [1.29, 1.82) is 5.41 Å². The van der Waals surface area contributed by atoms with Crippen LogP contribution in [-0.2, 0) is 10.3 Å². The molecule has 0 saturated carbocycles. The number of thioether (sulfide) groups is 1. The van der Waals surface area contributed by atoms with Gasteiger partial charge in [-0.2, -0.15) is 0 Å². The molecule has 1 saturated heterocycles. The summed E-state index contributed by atoms with van der Waals surface area (Å²) in [7, 11) is 0. The molecule has 33 heavy (non-hydrogen) atoms. The SMILES string of the molecule is CC12CSC(NC(=O)c3ccccc3)=NC1(c1ccc(F)cc1F)CO[C@@H](/C(C=N)=C/N)C2. The van der Waals surface area contributed by atoms with Gasteiger partial charge < -0.3 is 21.2 Å². The van der Waals surface area contributed by atoms with Crippen LogP contribution in [0.5, 0.6) is 0 Å². The fraction of sp³-hybridized carbons (Fsp3) is 0.292. The summed E-state index contributed by atoms with van der Waals surface area (Å²) in [4.78, 5) is 17.5. The van der Waals surface area contributed by atoms with Crippen molar-refractivity contribution in [3.8, 4) is 0 Å². The van der Waals surface area contributed by atoms with Crippen LogP contribution in [0.25, 0.3) is 0 Å². The molecule has 0 aliphatic carbocycles. The minimum Gasteiger partial charge on any atom is -0.404 e. The molecule has 4 rings (SSSR count). The Hall–Kier alpha value is -3.04. The molecule has 9 heteroatoms. The van der Waals surface area contributed by atoms with E-state index in [9.17, 15) is 9.18 Å². The zero-order chi connectivity index (χ0) is 23.6. The number of amidine groups is 1. The number of amides is 1.